The molecule has 1 aliphatic heterocycles. The van der Waals surface area contributed by atoms with Gasteiger partial charge in [-0.1, -0.05) is 73.7 Å². The number of carbonyl (C=O) groups is 1. The highest BCUT2D eigenvalue weighted by Crippen LogP contribution is 2.40. The summed E-state index contributed by atoms with van der Waals surface area (Å²) in [6.07, 6.45) is 6.54. The molecule has 4 heteroatoms. The van der Waals surface area contributed by atoms with Crippen LogP contribution in [0.1, 0.15) is 61.4 Å². The first-order chi connectivity index (χ1) is 13.1. The zero-order valence-corrected chi connectivity index (χ0v) is 17.4. The van der Waals surface area contributed by atoms with Gasteiger partial charge in [0.15, 0.2) is 0 Å². The molecule has 2 aromatic carbocycles. The fourth-order valence-electron chi connectivity index (χ4n) is 4.15. The van der Waals surface area contributed by atoms with Gasteiger partial charge >= 0.3 is 0 Å². The van der Waals surface area contributed by atoms with Crippen LogP contribution in [-0.2, 0) is 5.41 Å². The minimum Gasteiger partial charge on any atom is -0.338 e. The first-order valence-electron chi connectivity index (χ1n) is 9.85. The van der Waals surface area contributed by atoms with Crippen LogP contribution in [0.4, 0.5) is 0 Å². The molecule has 1 atom stereocenters. The highest BCUT2D eigenvalue weighted by molar-refractivity contribution is 6.42. The van der Waals surface area contributed by atoms with Gasteiger partial charge in [0, 0.05) is 24.1 Å². The van der Waals surface area contributed by atoms with Crippen LogP contribution in [0.2, 0.25) is 10.0 Å². The Bertz CT molecular complexity index is 777. The topological polar surface area (TPSA) is 20.3 Å². The lowest BCUT2D eigenvalue weighted by Crippen LogP contribution is -2.42. The molecule has 1 fully saturated rings. The summed E-state index contributed by atoms with van der Waals surface area (Å²) in [5.41, 5.74) is 1.90. The Morgan fingerprint density at radius 1 is 1.07 bits per heavy atom. The lowest BCUT2D eigenvalue weighted by atomic mass is 9.73. The number of benzene rings is 2. The predicted octanol–water partition coefficient (Wildman–Crippen LogP) is 6.75. The summed E-state index contributed by atoms with van der Waals surface area (Å²) in [5, 5.41) is 1.17. The third kappa shape index (κ3) is 4.67. The summed E-state index contributed by atoms with van der Waals surface area (Å²) in [6, 6.07) is 15.6. The van der Waals surface area contributed by atoms with Crippen molar-refractivity contribution < 1.29 is 4.79 Å². The Hall–Kier alpha value is -1.51. The van der Waals surface area contributed by atoms with Crippen LogP contribution in [0.3, 0.4) is 0 Å². The van der Waals surface area contributed by atoms with E-state index in [1.165, 1.54) is 5.56 Å². The fourth-order valence-corrected chi connectivity index (χ4v) is 4.45. The molecule has 0 saturated carbocycles. The van der Waals surface area contributed by atoms with Crippen molar-refractivity contribution in [2.24, 2.45) is 0 Å². The van der Waals surface area contributed by atoms with Gasteiger partial charge in [-0.05, 0) is 49.1 Å². The molecule has 144 valence electrons. The van der Waals surface area contributed by atoms with Gasteiger partial charge in [0.1, 0.15) is 0 Å². The average Bonchev–Trinajstić information content (AvgIpc) is 2.92. The maximum atomic E-state index is 13.1. The largest absolute Gasteiger partial charge is 0.338 e. The molecule has 2 nitrogen and oxygen atoms in total. The van der Waals surface area contributed by atoms with E-state index in [1.54, 1.807) is 0 Å². The van der Waals surface area contributed by atoms with Gasteiger partial charge < -0.3 is 4.90 Å². The standard InChI is InChI=1S/C23H27Cl2NO/c1-2-3-13-23(19-11-12-20(24)21(25)16-19)14-7-8-15-26(17-23)22(27)18-9-5-4-6-10-18/h4-6,9-12,16H,2-3,7-8,13-15,17H2,1H3. The van der Waals surface area contributed by atoms with Gasteiger partial charge in [0.05, 0.1) is 10.0 Å². The minimum absolute atomic E-state index is 0.0643. The minimum atomic E-state index is -0.0643. The van der Waals surface area contributed by atoms with Crippen LogP contribution in [0, 0.1) is 0 Å². The second-order valence-corrected chi connectivity index (χ2v) is 8.38. The molecule has 27 heavy (non-hydrogen) atoms. The number of halogens is 2. The van der Waals surface area contributed by atoms with Gasteiger partial charge in [-0.3, -0.25) is 4.79 Å². The molecule has 1 heterocycles. The predicted molar refractivity (Wildman–Crippen MR) is 114 cm³/mol. The van der Waals surface area contributed by atoms with Crippen molar-refractivity contribution in [1.82, 2.24) is 4.90 Å². The van der Waals surface area contributed by atoms with Crippen LogP contribution in [0.15, 0.2) is 48.5 Å². The summed E-state index contributed by atoms with van der Waals surface area (Å²) in [7, 11) is 0. The van der Waals surface area contributed by atoms with Crippen molar-refractivity contribution >= 4 is 29.1 Å². The lowest BCUT2D eigenvalue weighted by Gasteiger charge is -2.37. The molecule has 1 unspecified atom stereocenters. The quantitative estimate of drug-likeness (QED) is 0.540. The van der Waals surface area contributed by atoms with Gasteiger partial charge in [-0.2, -0.15) is 0 Å². The molecule has 0 aliphatic carbocycles. The van der Waals surface area contributed by atoms with Crippen molar-refractivity contribution in [2.75, 3.05) is 13.1 Å². The first kappa shape index (κ1) is 20.2. The number of nitrogens with zero attached hydrogens (tertiary/aromatic N) is 1. The molecular weight excluding hydrogens is 377 g/mol. The first-order valence-corrected chi connectivity index (χ1v) is 10.6. The molecule has 0 aromatic heterocycles. The molecule has 0 N–H and O–H groups in total. The van der Waals surface area contributed by atoms with E-state index in [4.69, 9.17) is 23.2 Å². The van der Waals surface area contributed by atoms with E-state index < -0.39 is 0 Å². The van der Waals surface area contributed by atoms with Crippen molar-refractivity contribution in [1.29, 1.82) is 0 Å². The van der Waals surface area contributed by atoms with Crippen LogP contribution >= 0.6 is 23.2 Å². The monoisotopic (exact) mass is 403 g/mol. The number of rotatable bonds is 5. The van der Waals surface area contributed by atoms with Crippen molar-refractivity contribution in [3.8, 4) is 0 Å². The normalized spacial score (nSPS) is 20.3. The Labute approximate surface area is 172 Å². The number of amides is 1. The van der Waals surface area contributed by atoms with E-state index in [-0.39, 0.29) is 11.3 Å². The molecule has 3 rings (SSSR count). The third-order valence-electron chi connectivity index (χ3n) is 5.68. The second-order valence-electron chi connectivity index (χ2n) is 7.56. The number of unbranched alkanes of at least 4 members (excludes halogenated alkanes) is 1. The van der Waals surface area contributed by atoms with Gasteiger partial charge in [0.25, 0.3) is 5.91 Å². The molecule has 1 saturated heterocycles. The van der Waals surface area contributed by atoms with E-state index in [9.17, 15) is 4.79 Å². The highest BCUT2D eigenvalue weighted by atomic mass is 35.5. The average molecular weight is 404 g/mol. The molecule has 0 spiro atoms. The van der Waals surface area contributed by atoms with Crippen molar-refractivity contribution in [3.63, 3.8) is 0 Å². The summed E-state index contributed by atoms with van der Waals surface area (Å²) >= 11 is 12.5. The maximum absolute atomic E-state index is 13.1. The summed E-state index contributed by atoms with van der Waals surface area (Å²) in [4.78, 5) is 15.2. The SMILES string of the molecule is CCCCC1(c2ccc(Cl)c(Cl)c2)CCCCN(C(=O)c2ccccc2)C1. The number of likely N-dealkylation sites (tertiary alicyclic amines) is 1. The Balaban J connectivity index is 1.95. The maximum Gasteiger partial charge on any atom is 0.253 e. The van der Waals surface area contributed by atoms with E-state index >= 15 is 0 Å². The third-order valence-corrected chi connectivity index (χ3v) is 6.41. The number of hydrogen-bond acceptors (Lipinski definition) is 1. The summed E-state index contributed by atoms with van der Waals surface area (Å²) in [5.74, 6) is 0.124. The Morgan fingerprint density at radius 2 is 1.85 bits per heavy atom. The summed E-state index contributed by atoms with van der Waals surface area (Å²) in [6.45, 7) is 3.76. The smallest absolute Gasteiger partial charge is 0.253 e. The Kier molecular flexibility index (Phi) is 6.83. The zero-order valence-electron chi connectivity index (χ0n) is 15.9. The van der Waals surface area contributed by atoms with Gasteiger partial charge in [0.2, 0.25) is 0 Å². The van der Waals surface area contributed by atoms with Crippen LogP contribution in [0.25, 0.3) is 0 Å². The van der Waals surface area contributed by atoms with Gasteiger partial charge in [-0.25, -0.2) is 0 Å². The van der Waals surface area contributed by atoms with Crippen LogP contribution < -0.4 is 0 Å². The highest BCUT2D eigenvalue weighted by Gasteiger charge is 2.37. The fraction of sp³-hybridized carbons (Fsp3) is 0.435. The van der Waals surface area contributed by atoms with E-state index in [0.717, 1.165) is 57.2 Å². The van der Waals surface area contributed by atoms with Crippen LogP contribution in [-0.4, -0.2) is 23.9 Å². The summed E-state index contributed by atoms with van der Waals surface area (Å²) < 4.78 is 0. The van der Waals surface area contributed by atoms with E-state index in [0.29, 0.717) is 10.0 Å². The van der Waals surface area contributed by atoms with Gasteiger partial charge in [-0.15, -0.1) is 0 Å². The van der Waals surface area contributed by atoms with Crippen molar-refractivity contribution in [2.45, 2.75) is 50.9 Å². The van der Waals surface area contributed by atoms with E-state index in [2.05, 4.69) is 13.0 Å². The molecule has 0 radical (unpaired) electrons. The van der Waals surface area contributed by atoms with Crippen LogP contribution in [0.5, 0.6) is 0 Å². The van der Waals surface area contributed by atoms with Crippen molar-refractivity contribution in [3.05, 3.63) is 69.7 Å². The van der Waals surface area contributed by atoms with E-state index in [1.807, 2.05) is 47.4 Å². The Morgan fingerprint density at radius 3 is 2.56 bits per heavy atom. The molecule has 1 amide bonds. The number of hydrogen-bond donors (Lipinski definition) is 0. The molecule has 1 aliphatic rings. The second kappa shape index (κ2) is 9.12. The zero-order chi connectivity index (χ0) is 19.3. The molecular formula is C23H27Cl2NO. The molecule has 2 aromatic rings. The molecule has 0 bridgehead atoms. The lowest BCUT2D eigenvalue weighted by molar-refractivity contribution is 0.0722. The number of carbonyl (C=O) groups excluding carboxylic acids is 1.